The van der Waals surface area contributed by atoms with Crippen LogP contribution in [0.3, 0.4) is 0 Å². The molecule has 0 aromatic heterocycles. The average Bonchev–Trinajstić information content (AvgIpc) is 2.60. The monoisotopic (exact) mass is 329 g/mol. The van der Waals surface area contributed by atoms with Gasteiger partial charge in [0.2, 0.25) is 0 Å². The first kappa shape index (κ1) is 16.2. The lowest BCUT2D eigenvalue weighted by molar-refractivity contribution is -0.114. The van der Waals surface area contributed by atoms with Gasteiger partial charge in [0.1, 0.15) is 5.75 Å². The molecule has 2 aromatic carbocycles. The van der Waals surface area contributed by atoms with Crippen LogP contribution in [0.1, 0.15) is 17.5 Å². The third-order valence-electron chi connectivity index (χ3n) is 3.92. The average molecular weight is 329 g/mol. The van der Waals surface area contributed by atoms with E-state index in [-0.39, 0.29) is 11.7 Å². The van der Waals surface area contributed by atoms with Gasteiger partial charge in [-0.25, -0.2) is 0 Å². The van der Waals surface area contributed by atoms with Crippen molar-refractivity contribution in [2.24, 2.45) is 0 Å². The van der Waals surface area contributed by atoms with Crippen LogP contribution in [0.4, 0.5) is 14.5 Å². The Morgan fingerprint density at radius 1 is 1.12 bits per heavy atom. The van der Waals surface area contributed by atoms with E-state index in [0.717, 1.165) is 24.1 Å². The maximum Gasteiger partial charge on any atom is 0.387 e. The molecule has 0 unspecified atom stereocenters. The highest BCUT2D eigenvalue weighted by atomic mass is 19.3. The predicted molar refractivity (Wildman–Crippen MR) is 89.2 cm³/mol. The highest BCUT2D eigenvalue weighted by molar-refractivity contribution is 6.04. The van der Waals surface area contributed by atoms with E-state index in [4.69, 9.17) is 0 Å². The molecule has 0 atom stereocenters. The highest BCUT2D eigenvalue weighted by Crippen LogP contribution is 2.27. The van der Waals surface area contributed by atoms with Crippen LogP contribution in [-0.4, -0.2) is 19.1 Å². The lowest BCUT2D eigenvalue weighted by Gasteiger charge is -2.28. The molecule has 1 aliphatic rings. The van der Waals surface area contributed by atoms with Gasteiger partial charge < -0.3 is 9.64 Å². The Bertz CT molecular complexity index is 759. The van der Waals surface area contributed by atoms with Gasteiger partial charge in [0.15, 0.2) is 0 Å². The number of fused-ring (bicyclic) bond motifs is 1. The summed E-state index contributed by atoms with van der Waals surface area (Å²) in [7, 11) is 0. The number of aryl methyl sites for hydroxylation is 1. The summed E-state index contributed by atoms with van der Waals surface area (Å²) in [6.07, 6.45) is 4.77. The van der Waals surface area contributed by atoms with Gasteiger partial charge in [-0.3, -0.25) is 4.79 Å². The molecular weight excluding hydrogens is 312 g/mol. The zero-order valence-electron chi connectivity index (χ0n) is 13.0. The normalized spacial score (nSPS) is 14.0. The molecule has 0 bridgehead atoms. The van der Waals surface area contributed by atoms with Gasteiger partial charge in [0, 0.05) is 23.9 Å². The largest absolute Gasteiger partial charge is 0.434 e. The summed E-state index contributed by atoms with van der Waals surface area (Å²) in [4.78, 5) is 14.2. The molecule has 2 aromatic rings. The third-order valence-corrected chi connectivity index (χ3v) is 3.92. The fourth-order valence-corrected chi connectivity index (χ4v) is 2.84. The number of para-hydroxylation sites is 2. The van der Waals surface area contributed by atoms with E-state index in [1.54, 1.807) is 23.1 Å². The summed E-state index contributed by atoms with van der Waals surface area (Å²) in [5, 5.41) is 0. The molecule has 5 heteroatoms. The minimum atomic E-state index is -2.90. The molecule has 0 spiro atoms. The number of alkyl halides is 2. The van der Waals surface area contributed by atoms with E-state index < -0.39 is 6.61 Å². The van der Waals surface area contributed by atoms with Crippen molar-refractivity contribution in [3.05, 3.63) is 65.7 Å². The Balaban J connectivity index is 1.80. The number of hydrogen-bond acceptors (Lipinski definition) is 2. The van der Waals surface area contributed by atoms with Gasteiger partial charge in [0.05, 0.1) is 0 Å². The molecule has 3 rings (SSSR count). The lowest BCUT2D eigenvalue weighted by Crippen LogP contribution is -2.34. The number of carbonyl (C=O) groups excluding carboxylic acids is 1. The van der Waals surface area contributed by atoms with Crippen LogP contribution >= 0.6 is 0 Å². The number of ether oxygens (including phenoxy) is 1. The molecule has 0 saturated heterocycles. The Hall–Kier alpha value is -2.69. The maximum absolute atomic E-state index is 12.5. The number of nitrogens with zero attached hydrogens (tertiary/aromatic N) is 1. The number of carbonyl (C=O) groups is 1. The number of rotatable bonds is 4. The zero-order valence-corrected chi connectivity index (χ0v) is 13.0. The number of amides is 1. The lowest BCUT2D eigenvalue weighted by atomic mass is 10.0. The van der Waals surface area contributed by atoms with Crippen LogP contribution in [0.15, 0.2) is 54.6 Å². The molecule has 24 heavy (non-hydrogen) atoms. The standard InChI is InChI=1S/C19H17F2NO2/c20-19(21)24-17-10-4-2-7-15(17)11-12-18(23)22-13-5-8-14-6-1-3-9-16(14)22/h1-4,6-7,9-12,19H,5,8,13H2/b12-11+. The third kappa shape index (κ3) is 3.62. The fourth-order valence-electron chi connectivity index (χ4n) is 2.84. The second kappa shape index (κ2) is 7.25. The van der Waals surface area contributed by atoms with Gasteiger partial charge in [0.25, 0.3) is 5.91 Å². The van der Waals surface area contributed by atoms with Crippen molar-refractivity contribution in [3.63, 3.8) is 0 Å². The minimum Gasteiger partial charge on any atom is -0.434 e. The molecule has 1 amide bonds. The quantitative estimate of drug-likeness (QED) is 0.784. The molecule has 0 N–H and O–H groups in total. The van der Waals surface area contributed by atoms with Gasteiger partial charge in [-0.1, -0.05) is 36.4 Å². The number of benzene rings is 2. The van der Waals surface area contributed by atoms with Crippen molar-refractivity contribution >= 4 is 17.7 Å². The summed E-state index contributed by atoms with van der Waals surface area (Å²) in [6.45, 7) is -2.25. The van der Waals surface area contributed by atoms with Gasteiger partial charge in [-0.15, -0.1) is 0 Å². The minimum absolute atomic E-state index is 0.0515. The summed E-state index contributed by atoms with van der Waals surface area (Å²) in [5.74, 6) is -0.121. The number of halogens is 2. The van der Waals surface area contributed by atoms with E-state index in [1.165, 1.54) is 18.2 Å². The highest BCUT2D eigenvalue weighted by Gasteiger charge is 2.20. The van der Waals surface area contributed by atoms with Crippen molar-refractivity contribution in [1.82, 2.24) is 0 Å². The van der Waals surface area contributed by atoms with Crippen molar-refractivity contribution in [2.75, 3.05) is 11.4 Å². The van der Waals surface area contributed by atoms with Crippen LogP contribution in [0.2, 0.25) is 0 Å². The van der Waals surface area contributed by atoms with Crippen molar-refractivity contribution in [1.29, 1.82) is 0 Å². The molecule has 1 heterocycles. The smallest absolute Gasteiger partial charge is 0.387 e. The maximum atomic E-state index is 12.5. The summed E-state index contributed by atoms with van der Waals surface area (Å²) in [5.41, 5.74) is 2.50. The van der Waals surface area contributed by atoms with Gasteiger partial charge >= 0.3 is 6.61 Å². The van der Waals surface area contributed by atoms with Gasteiger partial charge in [-0.2, -0.15) is 8.78 Å². The molecule has 3 nitrogen and oxygen atoms in total. The van der Waals surface area contributed by atoms with Crippen LogP contribution in [0, 0.1) is 0 Å². The predicted octanol–water partition coefficient (Wildman–Crippen LogP) is 4.28. The summed E-state index contributed by atoms with van der Waals surface area (Å²) in [6, 6.07) is 14.2. The van der Waals surface area contributed by atoms with E-state index in [2.05, 4.69) is 4.74 Å². The molecule has 0 radical (unpaired) electrons. The number of hydrogen-bond donors (Lipinski definition) is 0. The Morgan fingerprint density at radius 2 is 1.88 bits per heavy atom. The van der Waals surface area contributed by atoms with E-state index >= 15 is 0 Å². The molecule has 0 aliphatic carbocycles. The van der Waals surface area contributed by atoms with Crippen molar-refractivity contribution in [3.8, 4) is 5.75 Å². The first-order chi connectivity index (χ1) is 11.6. The van der Waals surface area contributed by atoms with Crippen LogP contribution in [-0.2, 0) is 11.2 Å². The Labute approximate surface area is 139 Å². The van der Waals surface area contributed by atoms with Crippen LogP contribution in [0.25, 0.3) is 6.08 Å². The second-order valence-corrected chi connectivity index (χ2v) is 5.47. The fraction of sp³-hybridized carbons (Fsp3) is 0.211. The van der Waals surface area contributed by atoms with Gasteiger partial charge in [-0.05, 0) is 36.6 Å². The Kier molecular flexibility index (Phi) is 4.89. The van der Waals surface area contributed by atoms with Crippen molar-refractivity contribution < 1.29 is 18.3 Å². The second-order valence-electron chi connectivity index (χ2n) is 5.47. The number of anilines is 1. The first-order valence-electron chi connectivity index (χ1n) is 7.76. The summed E-state index contributed by atoms with van der Waals surface area (Å²) >= 11 is 0. The van der Waals surface area contributed by atoms with E-state index in [1.807, 2.05) is 24.3 Å². The van der Waals surface area contributed by atoms with Crippen LogP contribution < -0.4 is 9.64 Å². The topological polar surface area (TPSA) is 29.5 Å². The summed E-state index contributed by atoms with van der Waals surface area (Å²) < 4.78 is 29.3. The van der Waals surface area contributed by atoms with E-state index in [9.17, 15) is 13.6 Å². The zero-order chi connectivity index (χ0) is 16.9. The SMILES string of the molecule is O=C(/C=C/c1ccccc1OC(F)F)N1CCCc2ccccc21. The van der Waals surface area contributed by atoms with Crippen LogP contribution in [0.5, 0.6) is 5.75 Å². The molecule has 124 valence electrons. The first-order valence-corrected chi connectivity index (χ1v) is 7.76. The molecular formula is C19H17F2NO2. The molecule has 1 aliphatic heterocycles. The molecule has 0 saturated carbocycles. The van der Waals surface area contributed by atoms with Crippen molar-refractivity contribution in [2.45, 2.75) is 19.5 Å². The molecule has 0 fully saturated rings. The van der Waals surface area contributed by atoms with E-state index in [0.29, 0.717) is 12.1 Å². The Morgan fingerprint density at radius 3 is 2.71 bits per heavy atom.